The minimum absolute atomic E-state index is 0.00651. The van der Waals surface area contributed by atoms with Crippen molar-refractivity contribution < 1.29 is 4.79 Å². The Hall–Kier alpha value is -3.29. The van der Waals surface area contributed by atoms with Crippen molar-refractivity contribution >= 4 is 22.6 Å². The fraction of sp³-hybridized carbons (Fsp3) is 0.381. The Bertz CT molecular complexity index is 1100. The van der Waals surface area contributed by atoms with Gasteiger partial charge in [0.25, 0.3) is 5.56 Å². The van der Waals surface area contributed by atoms with Crippen LogP contribution in [0.3, 0.4) is 0 Å². The Labute approximate surface area is 167 Å². The summed E-state index contributed by atoms with van der Waals surface area (Å²) in [5, 5.41) is 9.23. The van der Waals surface area contributed by atoms with Crippen LogP contribution in [0.1, 0.15) is 24.5 Å². The summed E-state index contributed by atoms with van der Waals surface area (Å²) in [5.41, 5.74) is 1.54. The number of fused-ring (bicyclic) bond motifs is 1. The molecule has 2 fully saturated rings. The van der Waals surface area contributed by atoms with Crippen molar-refractivity contribution in [3.63, 3.8) is 0 Å². The van der Waals surface area contributed by atoms with Crippen molar-refractivity contribution in [2.45, 2.75) is 25.3 Å². The summed E-state index contributed by atoms with van der Waals surface area (Å²) in [5.74, 6) is 1.38. The lowest BCUT2D eigenvalue weighted by molar-refractivity contribution is -0.132. The Kier molecular flexibility index (Phi) is 4.46. The highest BCUT2D eigenvalue weighted by Gasteiger charge is 2.26. The van der Waals surface area contributed by atoms with Gasteiger partial charge >= 0.3 is 0 Å². The number of aromatic nitrogens is 4. The molecule has 0 N–H and O–H groups in total. The zero-order valence-electron chi connectivity index (χ0n) is 16.1. The van der Waals surface area contributed by atoms with Crippen molar-refractivity contribution in [3.8, 4) is 0 Å². The van der Waals surface area contributed by atoms with E-state index in [2.05, 4.69) is 26.1 Å². The Morgan fingerprint density at radius 2 is 1.79 bits per heavy atom. The maximum atomic E-state index is 12.7. The molecule has 1 saturated carbocycles. The molecule has 1 amide bonds. The minimum atomic E-state index is -0.186. The number of nitrogens with zero attached hydrogens (tertiary/aromatic N) is 6. The van der Waals surface area contributed by atoms with Crippen molar-refractivity contribution in [2.24, 2.45) is 0 Å². The first-order valence-corrected chi connectivity index (χ1v) is 9.99. The zero-order valence-corrected chi connectivity index (χ0v) is 16.1. The first kappa shape index (κ1) is 17.8. The second-order valence-corrected chi connectivity index (χ2v) is 7.65. The largest absolute Gasteiger partial charge is 0.352 e. The monoisotopic (exact) mass is 390 g/mol. The van der Waals surface area contributed by atoms with E-state index in [9.17, 15) is 9.59 Å². The number of benzene rings is 1. The van der Waals surface area contributed by atoms with Crippen LogP contribution in [-0.4, -0.2) is 56.7 Å². The average molecular weight is 390 g/mol. The van der Waals surface area contributed by atoms with Gasteiger partial charge in [-0.05, 0) is 37.1 Å². The molecule has 3 aromatic rings. The van der Waals surface area contributed by atoms with Crippen LogP contribution in [0.25, 0.3) is 10.9 Å². The molecule has 0 bridgehead atoms. The summed E-state index contributed by atoms with van der Waals surface area (Å²) in [6.45, 7) is 2.61. The lowest BCUT2D eigenvalue weighted by atomic mass is 10.2. The lowest BCUT2D eigenvalue weighted by Crippen LogP contribution is -2.50. The molecule has 1 aliphatic carbocycles. The quantitative estimate of drug-likeness (QED) is 0.670. The van der Waals surface area contributed by atoms with Gasteiger partial charge in [0, 0.05) is 32.1 Å². The van der Waals surface area contributed by atoms with E-state index in [0.29, 0.717) is 43.0 Å². The number of amides is 1. The van der Waals surface area contributed by atoms with E-state index in [1.54, 1.807) is 23.1 Å². The van der Waals surface area contributed by atoms with Crippen molar-refractivity contribution in [3.05, 3.63) is 58.8 Å². The second-order valence-electron chi connectivity index (χ2n) is 7.65. The van der Waals surface area contributed by atoms with E-state index < -0.39 is 0 Å². The summed E-state index contributed by atoms with van der Waals surface area (Å²) in [4.78, 5) is 33.5. The van der Waals surface area contributed by atoms with Gasteiger partial charge in [-0.25, -0.2) is 4.98 Å². The van der Waals surface area contributed by atoms with Crippen LogP contribution in [0, 0.1) is 0 Å². The third kappa shape index (κ3) is 3.57. The topological polar surface area (TPSA) is 84.2 Å². The molecule has 8 nitrogen and oxygen atoms in total. The summed E-state index contributed by atoms with van der Waals surface area (Å²) in [6.07, 6.45) is 3.88. The normalized spacial score (nSPS) is 17.0. The van der Waals surface area contributed by atoms with E-state index in [1.165, 1.54) is 23.7 Å². The van der Waals surface area contributed by atoms with Crippen LogP contribution < -0.4 is 10.5 Å². The van der Waals surface area contributed by atoms with E-state index in [4.69, 9.17) is 0 Å². The maximum absolute atomic E-state index is 12.7. The summed E-state index contributed by atoms with van der Waals surface area (Å²) in [7, 11) is 0. The molecule has 5 rings (SSSR count). The van der Waals surface area contributed by atoms with Gasteiger partial charge in [0.15, 0.2) is 5.82 Å². The molecule has 1 aromatic carbocycles. The smallest absolute Gasteiger partial charge is 0.261 e. The number of hydrogen-bond donors (Lipinski definition) is 0. The maximum Gasteiger partial charge on any atom is 0.261 e. The highest BCUT2D eigenvalue weighted by Crippen LogP contribution is 2.38. The Morgan fingerprint density at radius 3 is 2.52 bits per heavy atom. The Balaban J connectivity index is 1.22. The molecule has 3 heterocycles. The first-order valence-electron chi connectivity index (χ1n) is 9.99. The van der Waals surface area contributed by atoms with Crippen molar-refractivity contribution in [1.29, 1.82) is 0 Å². The number of carbonyl (C=O) groups excluding carboxylic acids is 1. The zero-order chi connectivity index (χ0) is 19.8. The van der Waals surface area contributed by atoms with Crippen LogP contribution >= 0.6 is 0 Å². The first-order chi connectivity index (χ1) is 14.2. The van der Waals surface area contributed by atoms with Crippen LogP contribution in [0.2, 0.25) is 0 Å². The molecule has 1 saturated heterocycles. The third-order valence-corrected chi connectivity index (χ3v) is 5.66. The molecular weight excluding hydrogens is 368 g/mol. The highest BCUT2D eigenvalue weighted by molar-refractivity contribution is 5.79. The predicted molar refractivity (Wildman–Crippen MR) is 109 cm³/mol. The third-order valence-electron chi connectivity index (χ3n) is 5.66. The molecule has 0 radical (unpaired) electrons. The molecule has 2 aliphatic rings. The molecule has 148 valence electrons. The fourth-order valence-electron chi connectivity index (χ4n) is 3.75. The van der Waals surface area contributed by atoms with Gasteiger partial charge in [-0.3, -0.25) is 14.2 Å². The number of rotatable bonds is 4. The summed E-state index contributed by atoms with van der Waals surface area (Å²) >= 11 is 0. The van der Waals surface area contributed by atoms with Crippen molar-refractivity contribution in [2.75, 3.05) is 31.1 Å². The van der Waals surface area contributed by atoms with E-state index in [1.807, 2.05) is 12.1 Å². The van der Waals surface area contributed by atoms with Gasteiger partial charge in [0.05, 0.1) is 22.9 Å². The number of anilines is 1. The summed E-state index contributed by atoms with van der Waals surface area (Å²) in [6, 6.07) is 11.3. The number of hydrogen-bond acceptors (Lipinski definition) is 6. The standard InChI is InChI=1S/C21H22N6O2/c28-20(13-27-14-22-18-4-2-1-3-16(18)21(27)29)26-11-9-25(10-12-26)19-8-7-17(23-24-19)15-5-6-15/h1-4,7-8,14-15H,5-6,9-13H2. The number of para-hydroxylation sites is 1. The minimum Gasteiger partial charge on any atom is -0.352 e. The fourth-order valence-corrected chi connectivity index (χ4v) is 3.75. The van der Waals surface area contributed by atoms with Crippen LogP contribution in [0.4, 0.5) is 5.82 Å². The van der Waals surface area contributed by atoms with Gasteiger partial charge in [-0.15, -0.1) is 5.10 Å². The van der Waals surface area contributed by atoms with Gasteiger partial charge < -0.3 is 9.80 Å². The number of carbonyl (C=O) groups is 1. The van der Waals surface area contributed by atoms with E-state index in [0.717, 1.165) is 11.5 Å². The van der Waals surface area contributed by atoms with Crippen LogP contribution in [0.5, 0.6) is 0 Å². The average Bonchev–Trinajstić information content (AvgIpc) is 3.62. The second kappa shape index (κ2) is 7.27. The predicted octanol–water partition coefficient (Wildman–Crippen LogP) is 1.41. The van der Waals surface area contributed by atoms with E-state index >= 15 is 0 Å². The molecule has 8 heteroatoms. The molecule has 1 aliphatic heterocycles. The molecule has 0 atom stereocenters. The Morgan fingerprint density at radius 1 is 1.00 bits per heavy atom. The van der Waals surface area contributed by atoms with Crippen LogP contribution in [-0.2, 0) is 11.3 Å². The van der Waals surface area contributed by atoms with Crippen molar-refractivity contribution in [1.82, 2.24) is 24.6 Å². The lowest BCUT2D eigenvalue weighted by Gasteiger charge is -2.35. The van der Waals surface area contributed by atoms with Gasteiger partial charge in [0.2, 0.25) is 5.91 Å². The summed E-state index contributed by atoms with van der Waals surface area (Å²) < 4.78 is 1.39. The number of piperazine rings is 1. The highest BCUT2D eigenvalue weighted by atomic mass is 16.2. The van der Waals surface area contributed by atoms with Gasteiger partial charge in [0.1, 0.15) is 6.54 Å². The van der Waals surface area contributed by atoms with E-state index in [-0.39, 0.29) is 18.0 Å². The van der Waals surface area contributed by atoms with Gasteiger partial charge in [-0.2, -0.15) is 5.10 Å². The molecule has 0 unspecified atom stereocenters. The van der Waals surface area contributed by atoms with Crippen LogP contribution in [0.15, 0.2) is 47.5 Å². The molecule has 29 heavy (non-hydrogen) atoms. The molecular formula is C21H22N6O2. The van der Waals surface area contributed by atoms with Gasteiger partial charge in [-0.1, -0.05) is 12.1 Å². The SMILES string of the molecule is O=C(Cn1cnc2ccccc2c1=O)N1CCN(c2ccc(C3CC3)nn2)CC1. The molecule has 0 spiro atoms. The molecule has 2 aromatic heterocycles.